The largest absolute Gasteiger partial charge is 0.387 e. The predicted molar refractivity (Wildman–Crippen MR) is 78.9 cm³/mol. The standard InChI is InChI=1S/C15H25N3O2/c1-11-12(2)17-13(8-16-11)18-7-6-15(19,10-20-5)14(3,4)9-18/h8,19H,6-7,9-10H2,1-5H3/t15-/m1/s1. The highest BCUT2D eigenvalue weighted by molar-refractivity contribution is 5.39. The average molecular weight is 279 g/mol. The first-order valence-electron chi connectivity index (χ1n) is 7.05. The van der Waals surface area contributed by atoms with Gasteiger partial charge in [0.05, 0.1) is 29.8 Å². The molecule has 0 radical (unpaired) electrons. The molecule has 5 heteroatoms. The second-order valence-electron chi connectivity index (χ2n) is 6.42. The quantitative estimate of drug-likeness (QED) is 0.912. The summed E-state index contributed by atoms with van der Waals surface area (Å²) in [5, 5.41) is 10.8. The number of piperidine rings is 1. The number of aliphatic hydroxyl groups is 1. The van der Waals surface area contributed by atoms with Gasteiger partial charge in [-0.15, -0.1) is 0 Å². The zero-order valence-corrected chi connectivity index (χ0v) is 13.1. The molecule has 1 aromatic rings. The Bertz CT molecular complexity index is 490. The van der Waals surface area contributed by atoms with E-state index in [9.17, 15) is 5.11 Å². The van der Waals surface area contributed by atoms with E-state index in [2.05, 4.69) is 28.7 Å². The van der Waals surface area contributed by atoms with Gasteiger partial charge in [-0.2, -0.15) is 0 Å². The Labute approximate surface area is 121 Å². The van der Waals surface area contributed by atoms with Crippen LogP contribution >= 0.6 is 0 Å². The van der Waals surface area contributed by atoms with Crippen LogP contribution in [0.25, 0.3) is 0 Å². The average Bonchev–Trinajstić information content (AvgIpc) is 2.37. The lowest BCUT2D eigenvalue weighted by molar-refractivity contribution is -0.122. The molecule has 0 spiro atoms. The second kappa shape index (κ2) is 5.30. The summed E-state index contributed by atoms with van der Waals surface area (Å²) in [7, 11) is 1.63. The highest BCUT2D eigenvalue weighted by Gasteiger charge is 2.47. The van der Waals surface area contributed by atoms with E-state index in [-0.39, 0.29) is 5.41 Å². The molecule has 1 aliphatic rings. The van der Waals surface area contributed by atoms with Gasteiger partial charge in [0.25, 0.3) is 0 Å². The first-order chi connectivity index (χ1) is 9.29. The van der Waals surface area contributed by atoms with Crippen LogP contribution in [0.4, 0.5) is 5.82 Å². The minimum Gasteiger partial charge on any atom is -0.387 e. The van der Waals surface area contributed by atoms with Gasteiger partial charge in [0, 0.05) is 25.6 Å². The molecule has 1 saturated heterocycles. The highest BCUT2D eigenvalue weighted by atomic mass is 16.5. The van der Waals surface area contributed by atoms with Crippen LogP contribution in [-0.4, -0.2) is 47.5 Å². The molecule has 2 heterocycles. The summed E-state index contributed by atoms with van der Waals surface area (Å²) in [6.45, 7) is 9.96. The third kappa shape index (κ3) is 2.65. The fourth-order valence-corrected chi connectivity index (χ4v) is 2.75. The van der Waals surface area contributed by atoms with Crippen LogP contribution in [0.1, 0.15) is 31.7 Å². The molecule has 1 fully saturated rings. The van der Waals surface area contributed by atoms with Gasteiger partial charge in [0.1, 0.15) is 5.82 Å². The summed E-state index contributed by atoms with van der Waals surface area (Å²) in [5.41, 5.74) is 0.867. The van der Waals surface area contributed by atoms with E-state index in [1.807, 2.05) is 20.0 Å². The van der Waals surface area contributed by atoms with Crippen LogP contribution in [0.5, 0.6) is 0 Å². The molecule has 0 amide bonds. The first kappa shape index (κ1) is 15.2. The van der Waals surface area contributed by atoms with E-state index in [4.69, 9.17) is 4.74 Å². The van der Waals surface area contributed by atoms with E-state index in [1.165, 1.54) is 0 Å². The Morgan fingerprint density at radius 3 is 2.60 bits per heavy atom. The molecule has 0 saturated carbocycles. The predicted octanol–water partition coefficient (Wildman–Crippen LogP) is 1.71. The van der Waals surface area contributed by atoms with Crippen LogP contribution in [-0.2, 0) is 4.74 Å². The summed E-state index contributed by atoms with van der Waals surface area (Å²) in [6, 6.07) is 0. The van der Waals surface area contributed by atoms with Crippen molar-refractivity contribution in [3.63, 3.8) is 0 Å². The number of rotatable bonds is 3. The highest BCUT2D eigenvalue weighted by Crippen LogP contribution is 2.39. The number of hydrogen-bond donors (Lipinski definition) is 1. The van der Waals surface area contributed by atoms with E-state index < -0.39 is 5.60 Å². The molecule has 0 unspecified atom stereocenters. The van der Waals surface area contributed by atoms with E-state index in [0.717, 1.165) is 30.3 Å². The van der Waals surface area contributed by atoms with Crippen molar-refractivity contribution >= 4 is 5.82 Å². The van der Waals surface area contributed by atoms with Crippen LogP contribution in [0.3, 0.4) is 0 Å². The topological polar surface area (TPSA) is 58.5 Å². The van der Waals surface area contributed by atoms with E-state index in [1.54, 1.807) is 7.11 Å². The Kier molecular flexibility index (Phi) is 4.02. The van der Waals surface area contributed by atoms with Crippen molar-refractivity contribution in [3.05, 3.63) is 17.6 Å². The molecule has 20 heavy (non-hydrogen) atoms. The number of hydrogen-bond acceptors (Lipinski definition) is 5. The SMILES string of the molecule is COC[C@]1(O)CCN(c2cnc(C)c(C)n2)CC1(C)C. The molecule has 5 nitrogen and oxygen atoms in total. The van der Waals surface area contributed by atoms with Crippen molar-refractivity contribution in [1.82, 2.24) is 9.97 Å². The fraction of sp³-hybridized carbons (Fsp3) is 0.733. The lowest BCUT2D eigenvalue weighted by Crippen LogP contribution is -2.59. The third-order valence-corrected chi connectivity index (χ3v) is 4.53. The summed E-state index contributed by atoms with van der Waals surface area (Å²) in [6.07, 6.45) is 2.49. The molecule has 1 N–H and O–H groups in total. The molecule has 0 bridgehead atoms. The van der Waals surface area contributed by atoms with Crippen molar-refractivity contribution in [1.29, 1.82) is 0 Å². The van der Waals surface area contributed by atoms with Gasteiger partial charge < -0.3 is 14.7 Å². The third-order valence-electron chi connectivity index (χ3n) is 4.53. The van der Waals surface area contributed by atoms with Gasteiger partial charge in [-0.1, -0.05) is 13.8 Å². The number of aromatic nitrogens is 2. The van der Waals surface area contributed by atoms with Gasteiger partial charge >= 0.3 is 0 Å². The van der Waals surface area contributed by atoms with Crippen molar-refractivity contribution in [3.8, 4) is 0 Å². The molecule has 1 aliphatic heterocycles. The van der Waals surface area contributed by atoms with E-state index >= 15 is 0 Å². The van der Waals surface area contributed by atoms with Crippen LogP contribution in [0.15, 0.2) is 6.20 Å². The van der Waals surface area contributed by atoms with Crippen molar-refractivity contribution in [2.24, 2.45) is 5.41 Å². The van der Waals surface area contributed by atoms with Crippen molar-refractivity contribution < 1.29 is 9.84 Å². The smallest absolute Gasteiger partial charge is 0.147 e. The molecule has 1 atom stereocenters. The first-order valence-corrected chi connectivity index (χ1v) is 7.05. The maximum absolute atomic E-state index is 10.8. The number of ether oxygens (including phenoxy) is 1. The zero-order chi connectivity index (χ0) is 15.0. The molecular formula is C15H25N3O2. The number of aryl methyl sites for hydroxylation is 2. The summed E-state index contributed by atoms with van der Waals surface area (Å²) in [4.78, 5) is 11.2. The maximum atomic E-state index is 10.8. The van der Waals surface area contributed by atoms with Crippen molar-refractivity contribution in [2.75, 3.05) is 31.7 Å². The lowest BCUT2D eigenvalue weighted by atomic mass is 9.70. The number of methoxy groups -OCH3 is 1. The fourth-order valence-electron chi connectivity index (χ4n) is 2.75. The van der Waals surface area contributed by atoms with Crippen LogP contribution < -0.4 is 4.90 Å². The molecule has 1 aromatic heterocycles. The van der Waals surface area contributed by atoms with Gasteiger partial charge in [0.2, 0.25) is 0 Å². The van der Waals surface area contributed by atoms with Crippen LogP contribution in [0.2, 0.25) is 0 Å². The Balaban J connectivity index is 2.20. The van der Waals surface area contributed by atoms with E-state index in [0.29, 0.717) is 13.0 Å². The van der Waals surface area contributed by atoms with Crippen LogP contribution in [0, 0.1) is 19.3 Å². The van der Waals surface area contributed by atoms with Gasteiger partial charge in [0.15, 0.2) is 0 Å². The minimum absolute atomic E-state index is 0.262. The van der Waals surface area contributed by atoms with Crippen molar-refractivity contribution in [2.45, 2.75) is 39.7 Å². The summed E-state index contributed by atoms with van der Waals surface area (Å²) < 4.78 is 5.20. The summed E-state index contributed by atoms with van der Waals surface area (Å²) in [5.74, 6) is 0.889. The minimum atomic E-state index is -0.786. The maximum Gasteiger partial charge on any atom is 0.147 e. The van der Waals surface area contributed by atoms with Gasteiger partial charge in [-0.3, -0.25) is 4.98 Å². The molecular weight excluding hydrogens is 254 g/mol. The van der Waals surface area contributed by atoms with Gasteiger partial charge in [-0.25, -0.2) is 4.98 Å². The molecule has 0 aliphatic carbocycles. The molecule has 2 rings (SSSR count). The Morgan fingerprint density at radius 1 is 1.35 bits per heavy atom. The lowest BCUT2D eigenvalue weighted by Gasteiger charge is -2.50. The molecule has 0 aromatic carbocycles. The monoisotopic (exact) mass is 279 g/mol. The Morgan fingerprint density at radius 2 is 2.05 bits per heavy atom. The summed E-state index contributed by atoms with van der Waals surface area (Å²) >= 11 is 0. The number of nitrogens with zero attached hydrogens (tertiary/aromatic N) is 3. The normalized spacial score (nSPS) is 25.8. The van der Waals surface area contributed by atoms with Gasteiger partial charge in [-0.05, 0) is 20.3 Å². The zero-order valence-electron chi connectivity index (χ0n) is 13.1. The number of anilines is 1. The Hall–Kier alpha value is -1.20. The molecule has 112 valence electrons. The second-order valence-corrected chi connectivity index (χ2v) is 6.42.